The normalized spacial score (nSPS) is 14.4. The van der Waals surface area contributed by atoms with Gasteiger partial charge in [-0.2, -0.15) is 5.26 Å². The Hall–Kier alpha value is -1.00. The number of nitriles is 1. The van der Waals surface area contributed by atoms with Crippen molar-refractivity contribution >= 4 is 11.6 Å². The fraction of sp³-hybridized carbons (Fsp3) is 0.417. The Labute approximate surface area is 90.3 Å². The van der Waals surface area contributed by atoms with E-state index >= 15 is 0 Å². The van der Waals surface area contributed by atoms with E-state index in [4.69, 9.17) is 16.9 Å². The summed E-state index contributed by atoms with van der Waals surface area (Å²) < 4.78 is 0. The second-order valence-corrected chi connectivity index (χ2v) is 3.92. The van der Waals surface area contributed by atoms with Crippen LogP contribution in [0.25, 0.3) is 0 Å². The summed E-state index contributed by atoms with van der Waals surface area (Å²) in [6.07, 6.45) is 0.990. The first kappa shape index (κ1) is 11.1. The van der Waals surface area contributed by atoms with Crippen molar-refractivity contribution in [2.24, 2.45) is 5.92 Å². The van der Waals surface area contributed by atoms with Crippen molar-refractivity contribution in [1.29, 1.82) is 5.26 Å². The van der Waals surface area contributed by atoms with Gasteiger partial charge >= 0.3 is 0 Å². The minimum absolute atomic E-state index is 0.0892. The number of rotatable bonds is 3. The average molecular weight is 208 g/mol. The largest absolute Gasteiger partial charge is 0.198 e. The van der Waals surface area contributed by atoms with Gasteiger partial charge in [0.25, 0.3) is 0 Å². The molecule has 0 aliphatic carbocycles. The zero-order valence-corrected chi connectivity index (χ0v) is 9.25. The van der Waals surface area contributed by atoms with Crippen LogP contribution in [0.2, 0.25) is 5.02 Å². The highest BCUT2D eigenvalue weighted by Gasteiger charge is 2.19. The third kappa shape index (κ3) is 2.27. The molecule has 0 N–H and O–H groups in total. The smallest absolute Gasteiger partial charge is 0.0752 e. The van der Waals surface area contributed by atoms with Crippen LogP contribution in [0.1, 0.15) is 31.7 Å². The summed E-state index contributed by atoms with van der Waals surface area (Å²) in [6, 6.07) is 9.91. The maximum atomic E-state index is 9.10. The molecule has 0 saturated heterocycles. The molecule has 1 nitrogen and oxygen atoms in total. The molecule has 0 aromatic heterocycles. The summed E-state index contributed by atoms with van der Waals surface area (Å²) in [4.78, 5) is 0. The lowest BCUT2D eigenvalue weighted by atomic mass is 9.87. The zero-order valence-electron chi connectivity index (χ0n) is 8.50. The first-order valence-electron chi connectivity index (χ1n) is 4.84. The van der Waals surface area contributed by atoms with E-state index in [1.54, 1.807) is 0 Å². The van der Waals surface area contributed by atoms with Gasteiger partial charge in [0.05, 0.1) is 12.0 Å². The monoisotopic (exact) mass is 207 g/mol. The molecule has 0 fully saturated rings. The number of hydrogen-bond acceptors (Lipinski definition) is 1. The fourth-order valence-corrected chi connectivity index (χ4v) is 1.72. The van der Waals surface area contributed by atoms with E-state index in [-0.39, 0.29) is 5.92 Å². The summed E-state index contributed by atoms with van der Waals surface area (Å²) in [5.41, 5.74) is 0.950. The average Bonchev–Trinajstić information content (AvgIpc) is 2.21. The van der Waals surface area contributed by atoms with Gasteiger partial charge in [0.1, 0.15) is 0 Å². The molecule has 0 spiro atoms. The van der Waals surface area contributed by atoms with E-state index < -0.39 is 0 Å². The van der Waals surface area contributed by atoms with Crippen molar-refractivity contribution in [3.8, 4) is 6.07 Å². The Bertz CT molecular complexity index is 340. The Balaban J connectivity index is 3.02. The van der Waals surface area contributed by atoms with Crippen LogP contribution in [0.15, 0.2) is 24.3 Å². The SMILES string of the molecule is CCC(C)C(C#N)c1ccccc1Cl. The maximum Gasteiger partial charge on any atom is 0.0752 e. The van der Waals surface area contributed by atoms with E-state index in [1.807, 2.05) is 24.3 Å². The molecule has 1 rings (SSSR count). The van der Waals surface area contributed by atoms with Crippen molar-refractivity contribution in [2.75, 3.05) is 0 Å². The zero-order chi connectivity index (χ0) is 10.6. The molecule has 0 aliphatic heterocycles. The third-order valence-corrected chi connectivity index (χ3v) is 2.94. The molecule has 2 unspecified atom stereocenters. The molecular formula is C12H14ClN. The van der Waals surface area contributed by atoms with Crippen molar-refractivity contribution in [2.45, 2.75) is 26.2 Å². The van der Waals surface area contributed by atoms with Crippen LogP contribution in [-0.2, 0) is 0 Å². The highest BCUT2D eigenvalue weighted by Crippen LogP contribution is 2.30. The molecule has 0 amide bonds. The van der Waals surface area contributed by atoms with Gasteiger partial charge in [-0.3, -0.25) is 0 Å². The highest BCUT2D eigenvalue weighted by molar-refractivity contribution is 6.31. The predicted molar refractivity (Wildman–Crippen MR) is 59.3 cm³/mol. The van der Waals surface area contributed by atoms with E-state index in [1.165, 1.54) is 0 Å². The first-order chi connectivity index (χ1) is 6.70. The Morgan fingerprint density at radius 2 is 2.07 bits per heavy atom. The molecule has 1 aromatic rings. The summed E-state index contributed by atoms with van der Waals surface area (Å²) in [5.74, 6) is 0.258. The van der Waals surface area contributed by atoms with Crippen LogP contribution < -0.4 is 0 Å². The Morgan fingerprint density at radius 3 is 2.57 bits per heavy atom. The minimum atomic E-state index is -0.0892. The van der Waals surface area contributed by atoms with Crippen LogP contribution in [-0.4, -0.2) is 0 Å². The fourth-order valence-electron chi connectivity index (χ4n) is 1.47. The first-order valence-corrected chi connectivity index (χ1v) is 5.22. The number of halogens is 1. The van der Waals surface area contributed by atoms with Crippen LogP contribution in [0.5, 0.6) is 0 Å². The van der Waals surface area contributed by atoms with Crippen LogP contribution in [0.4, 0.5) is 0 Å². The van der Waals surface area contributed by atoms with E-state index in [2.05, 4.69) is 19.9 Å². The molecule has 1 aromatic carbocycles. The molecule has 2 atom stereocenters. The van der Waals surface area contributed by atoms with Crippen LogP contribution in [0.3, 0.4) is 0 Å². The Kier molecular flexibility index (Phi) is 3.98. The molecular weight excluding hydrogens is 194 g/mol. The number of hydrogen-bond donors (Lipinski definition) is 0. The van der Waals surface area contributed by atoms with Crippen LogP contribution in [0, 0.1) is 17.2 Å². The molecule has 14 heavy (non-hydrogen) atoms. The summed E-state index contributed by atoms with van der Waals surface area (Å²) in [6.45, 7) is 4.17. The van der Waals surface area contributed by atoms with Gasteiger partial charge in [-0.15, -0.1) is 0 Å². The lowest BCUT2D eigenvalue weighted by Crippen LogP contribution is -2.07. The van der Waals surface area contributed by atoms with Crippen molar-refractivity contribution in [3.05, 3.63) is 34.9 Å². The predicted octanol–water partition coefficient (Wildman–Crippen LogP) is 3.99. The second kappa shape index (κ2) is 5.02. The Morgan fingerprint density at radius 1 is 1.43 bits per heavy atom. The number of benzene rings is 1. The van der Waals surface area contributed by atoms with Gasteiger partial charge in [0.2, 0.25) is 0 Å². The lowest BCUT2D eigenvalue weighted by molar-refractivity contribution is 0.514. The highest BCUT2D eigenvalue weighted by atomic mass is 35.5. The molecule has 74 valence electrons. The van der Waals surface area contributed by atoms with Gasteiger partial charge < -0.3 is 0 Å². The number of nitrogens with zero attached hydrogens (tertiary/aromatic N) is 1. The third-order valence-electron chi connectivity index (χ3n) is 2.59. The van der Waals surface area contributed by atoms with Crippen molar-refractivity contribution in [3.63, 3.8) is 0 Å². The molecule has 0 radical (unpaired) electrons. The standard InChI is InChI=1S/C12H14ClN/c1-3-9(2)11(8-14)10-6-4-5-7-12(10)13/h4-7,9,11H,3H2,1-2H3. The van der Waals surface area contributed by atoms with Crippen molar-refractivity contribution < 1.29 is 0 Å². The maximum absolute atomic E-state index is 9.10. The van der Waals surface area contributed by atoms with Gasteiger partial charge in [-0.05, 0) is 17.5 Å². The molecule has 0 aliphatic rings. The van der Waals surface area contributed by atoms with E-state index in [0.717, 1.165) is 12.0 Å². The van der Waals surface area contributed by atoms with E-state index in [0.29, 0.717) is 10.9 Å². The van der Waals surface area contributed by atoms with Crippen molar-refractivity contribution in [1.82, 2.24) is 0 Å². The van der Waals surface area contributed by atoms with Gasteiger partial charge in [0, 0.05) is 5.02 Å². The van der Waals surface area contributed by atoms with Gasteiger partial charge in [-0.25, -0.2) is 0 Å². The quantitative estimate of drug-likeness (QED) is 0.735. The molecule has 0 saturated carbocycles. The van der Waals surface area contributed by atoms with Gasteiger partial charge in [-0.1, -0.05) is 50.1 Å². The lowest BCUT2D eigenvalue weighted by Gasteiger charge is -2.16. The minimum Gasteiger partial charge on any atom is -0.198 e. The summed E-state index contributed by atoms with van der Waals surface area (Å²) in [5, 5.41) is 9.79. The summed E-state index contributed by atoms with van der Waals surface area (Å²) in [7, 11) is 0. The van der Waals surface area contributed by atoms with E-state index in [9.17, 15) is 0 Å². The topological polar surface area (TPSA) is 23.8 Å². The molecule has 0 bridgehead atoms. The summed E-state index contributed by atoms with van der Waals surface area (Å²) >= 11 is 6.05. The second-order valence-electron chi connectivity index (χ2n) is 3.51. The van der Waals surface area contributed by atoms with Gasteiger partial charge in [0.15, 0.2) is 0 Å². The molecule has 0 heterocycles. The van der Waals surface area contributed by atoms with Crippen LogP contribution >= 0.6 is 11.6 Å². The molecule has 2 heteroatoms.